The lowest BCUT2D eigenvalue weighted by atomic mass is 9.85. The molecule has 0 amide bonds. The zero-order chi connectivity index (χ0) is 31.0. The molecule has 7 heteroatoms. The Morgan fingerprint density at radius 2 is 0.933 bits per heavy atom. The predicted molar refractivity (Wildman–Crippen MR) is 178 cm³/mol. The Morgan fingerprint density at radius 1 is 0.378 bits per heavy atom. The minimum absolute atomic E-state index is 0.186. The number of anilines is 1. The number of rotatable bonds is 3. The van der Waals surface area contributed by atoms with Crippen molar-refractivity contribution in [3.05, 3.63) is 109 Å². The second kappa shape index (κ2) is 9.59. The monoisotopic (exact) mass is 591 g/mol. The molecule has 0 fully saturated rings. The van der Waals surface area contributed by atoms with Crippen molar-refractivity contribution in [3.8, 4) is 62.1 Å². The fraction of sp³-hybridized carbons (Fsp3) is 0. The van der Waals surface area contributed by atoms with Crippen LogP contribution < -0.4 is 5.73 Å². The highest BCUT2D eigenvalue weighted by Gasteiger charge is 2.28. The Hall–Kier alpha value is -6.34. The van der Waals surface area contributed by atoms with E-state index in [0.717, 1.165) is 55.0 Å². The Bertz CT molecular complexity index is 2430. The van der Waals surface area contributed by atoms with E-state index in [2.05, 4.69) is 18.2 Å². The second-order valence-electron chi connectivity index (χ2n) is 11.1. The van der Waals surface area contributed by atoms with Crippen LogP contribution in [0.2, 0.25) is 0 Å². The standard InChI is InChI=1S/C38H25NO6/c39-22-7-5-6-19(16-22)20-12-14-23-28-17-21(13-15-29(28)45-30(23)18-20)31-24-8-1-3-10-26(24)32(27-11-4-2-9-25(27)31)33-34(40)36(42)38(44)37(43)35(33)41/h1-18,40-44H,39H2. The van der Waals surface area contributed by atoms with Crippen molar-refractivity contribution < 1.29 is 29.9 Å². The second-order valence-corrected chi connectivity index (χ2v) is 11.1. The van der Waals surface area contributed by atoms with Crippen LogP contribution in [0.1, 0.15) is 0 Å². The smallest absolute Gasteiger partial charge is 0.208 e. The van der Waals surface area contributed by atoms with E-state index in [-0.39, 0.29) is 5.56 Å². The Labute approximate surface area is 255 Å². The molecule has 0 atom stereocenters. The molecule has 8 aromatic rings. The number of hydrogen-bond acceptors (Lipinski definition) is 7. The van der Waals surface area contributed by atoms with E-state index in [1.54, 1.807) is 0 Å². The van der Waals surface area contributed by atoms with Crippen LogP contribution in [0.5, 0.6) is 28.7 Å². The fourth-order valence-corrected chi connectivity index (χ4v) is 6.46. The van der Waals surface area contributed by atoms with Gasteiger partial charge in [-0.3, -0.25) is 0 Å². The molecule has 7 N–H and O–H groups in total. The molecule has 218 valence electrons. The number of phenolic OH excluding ortho intramolecular Hbond substituents is 5. The maximum absolute atomic E-state index is 10.9. The van der Waals surface area contributed by atoms with Crippen LogP contribution in [-0.2, 0) is 0 Å². The van der Waals surface area contributed by atoms with Gasteiger partial charge in [0.05, 0.1) is 5.56 Å². The first-order chi connectivity index (χ1) is 21.8. The van der Waals surface area contributed by atoms with E-state index < -0.39 is 28.7 Å². The van der Waals surface area contributed by atoms with Crippen LogP contribution in [0, 0.1) is 0 Å². The van der Waals surface area contributed by atoms with Gasteiger partial charge >= 0.3 is 0 Å². The van der Waals surface area contributed by atoms with Crippen LogP contribution in [0.15, 0.2) is 114 Å². The van der Waals surface area contributed by atoms with Crippen molar-refractivity contribution in [1.29, 1.82) is 0 Å². The molecule has 0 radical (unpaired) electrons. The number of fused-ring (bicyclic) bond motifs is 5. The highest BCUT2D eigenvalue weighted by Crippen LogP contribution is 2.57. The molecule has 0 bridgehead atoms. The highest BCUT2D eigenvalue weighted by molar-refractivity contribution is 6.23. The molecule has 0 aliphatic heterocycles. The molecule has 45 heavy (non-hydrogen) atoms. The van der Waals surface area contributed by atoms with E-state index in [0.29, 0.717) is 22.0 Å². The third-order valence-corrected chi connectivity index (χ3v) is 8.53. The molecule has 0 aliphatic rings. The van der Waals surface area contributed by atoms with Crippen LogP contribution in [-0.4, -0.2) is 25.5 Å². The lowest BCUT2D eigenvalue weighted by molar-refractivity contribution is 0.330. The van der Waals surface area contributed by atoms with Gasteiger partial charge in [0, 0.05) is 22.0 Å². The summed E-state index contributed by atoms with van der Waals surface area (Å²) < 4.78 is 6.29. The summed E-state index contributed by atoms with van der Waals surface area (Å²) in [5.74, 6) is -4.33. The van der Waals surface area contributed by atoms with Crippen molar-refractivity contribution in [2.75, 3.05) is 5.73 Å². The van der Waals surface area contributed by atoms with Crippen LogP contribution in [0.3, 0.4) is 0 Å². The minimum Gasteiger partial charge on any atom is -0.504 e. The summed E-state index contributed by atoms with van der Waals surface area (Å²) >= 11 is 0. The average molecular weight is 592 g/mol. The predicted octanol–water partition coefficient (Wildman–Crippen LogP) is 9.00. The zero-order valence-electron chi connectivity index (χ0n) is 23.6. The van der Waals surface area contributed by atoms with Crippen LogP contribution in [0.25, 0.3) is 76.9 Å². The van der Waals surface area contributed by atoms with Gasteiger partial charge < -0.3 is 35.7 Å². The average Bonchev–Trinajstić information content (AvgIpc) is 3.43. The van der Waals surface area contributed by atoms with Crippen LogP contribution in [0.4, 0.5) is 5.69 Å². The van der Waals surface area contributed by atoms with Gasteiger partial charge in [-0.1, -0.05) is 72.8 Å². The lowest BCUT2D eigenvalue weighted by Gasteiger charge is -2.20. The molecule has 7 aromatic carbocycles. The number of hydrogen-bond donors (Lipinski definition) is 6. The van der Waals surface area contributed by atoms with E-state index in [1.807, 2.05) is 91.0 Å². The SMILES string of the molecule is Nc1cccc(-c2ccc3c(c2)oc2ccc(-c4c5ccccc5c(-c5c(O)c(O)c(O)c(O)c5O)c5ccccc45)cc23)c1. The van der Waals surface area contributed by atoms with Crippen molar-refractivity contribution in [2.45, 2.75) is 0 Å². The number of nitrogens with two attached hydrogens (primary N) is 1. The van der Waals surface area contributed by atoms with E-state index in [9.17, 15) is 25.5 Å². The first kappa shape index (κ1) is 26.3. The quantitative estimate of drug-likeness (QED) is 0.0521. The normalized spacial score (nSPS) is 11.6. The summed E-state index contributed by atoms with van der Waals surface area (Å²) in [7, 11) is 0. The first-order valence-electron chi connectivity index (χ1n) is 14.3. The van der Waals surface area contributed by atoms with E-state index >= 15 is 0 Å². The molecule has 1 aromatic heterocycles. The van der Waals surface area contributed by atoms with Gasteiger partial charge in [0.15, 0.2) is 11.5 Å². The minimum atomic E-state index is -1.00. The third-order valence-electron chi connectivity index (χ3n) is 8.53. The number of phenols is 5. The Kier molecular flexibility index (Phi) is 5.60. The van der Waals surface area contributed by atoms with Gasteiger partial charge in [-0.15, -0.1) is 0 Å². The summed E-state index contributed by atoms with van der Waals surface area (Å²) in [6, 6.07) is 35.0. The van der Waals surface area contributed by atoms with Crippen molar-refractivity contribution in [1.82, 2.24) is 0 Å². The third kappa shape index (κ3) is 3.84. The molecule has 8 rings (SSSR count). The number of aromatic hydroxyl groups is 5. The molecule has 0 unspecified atom stereocenters. The molecule has 0 spiro atoms. The van der Waals surface area contributed by atoms with E-state index in [1.165, 1.54) is 0 Å². The Balaban J connectivity index is 1.40. The number of nitrogen functional groups attached to an aromatic ring is 1. The number of furan rings is 1. The summed E-state index contributed by atoms with van der Waals surface area (Å²) in [5, 5.41) is 57.6. The van der Waals surface area contributed by atoms with Gasteiger partial charge in [0.2, 0.25) is 17.2 Å². The molecule has 0 aliphatic carbocycles. The van der Waals surface area contributed by atoms with Gasteiger partial charge in [0.1, 0.15) is 11.2 Å². The Morgan fingerprint density at radius 3 is 1.56 bits per heavy atom. The van der Waals surface area contributed by atoms with Crippen LogP contribution >= 0.6 is 0 Å². The maximum atomic E-state index is 10.9. The number of benzene rings is 7. The zero-order valence-corrected chi connectivity index (χ0v) is 23.6. The van der Waals surface area contributed by atoms with Gasteiger partial charge in [0.25, 0.3) is 0 Å². The molecular weight excluding hydrogens is 566 g/mol. The molecule has 1 heterocycles. The first-order valence-corrected chi connectivity index (χ1v) is 14.3. The van der Waals surface area contributed by atoms with Gasteiger partial charge in [-0.05, 0) is 80.2 Å². The van der Waals surface area contributed by atoms with Crippen molar-refractivity contribution in [2.24, 2.45) is 0 Å². The van der Waals surface area contributed by atoms with Gasteiger partial charge in [-0.25, -0.2) is 0 Å². The molecule has 0 saturated carbocycles. The van der Waals surface area contributed by atoms with Crippen molar-refractivity contribution >= 4 is 49.2 Å². The molecular formula is C38H25NO6. The maximum Gasteiger partial charge on any atom is 0.208 e. The highest BCUT2D eigenvalue weighted by atomic mass is 16.4. The molecule has 0 saturated heterocycles. The summed E-state index contributed by atoms with van der Waals surface area (Å²) in [5.41, 5.74) is 12.3. The van der Waals surface area contributed by atoms with Gasteiger partial charge in [-0.2, -0.15) is 0 Å². The summed E-state index contributed by atoms with van der Waals surface area (Å²) in [6.07, 6.45) is 0. The van der Waals surface area contributed by atoms with E-state index in [4.69, 9.17) is 10.2 Å². The summed E-state index contributed by atoms with van der Waals surface area (Å²) in [6.45, 7) is 0. The van der Waals surface area contributed by atoms with Crippen molar-refractivity contribution in [3.63, 3.8) is 0 Å². The molecule has 7 nitrogen and oxygen atoms in total. The topological polar surface area (TPSA) is 140 Å². The fourth-order valence-electron chi connectivity index (χ4n) is 6.46. The summed E-state index contributed by atoms with van der Waals surface area (Å²) in [4.78, 5) is 0. The lowest BCUT2D eigenvalue weighted by Crippen LogP contribution is -1.92. The largest absolute Gasteiger partial charge is 0.504 e.